The summed E-state index contributed by atoms with van der Waals surface area (Å²) in [5, 5.41) is 3.57. The number of rotatable bonds is 1. The van der Waals surface area contributed by atoms with Gasteiger partial charge in [0.2, 0.25) is 0 Å². The summed E-state index contributed by atoms with van der Waals surface area (Å²) >= 11 is 0. The molecule has 1 aliphatic heterocycles. The SMILES string of the molecule is CCN1CCNCC12CCCCC2. The van der Waals surface area contributed by atoms with Crippen LogP contribution in [0.15, 0.2) is 0 Å². The first-order valence-corrected chi connectivity index (χ1v) is 5.83. The number of nitrogens with one attached hydrogen (secondary N) is 1. The highest BCUT2D eigenvalue weighted by Gasteiger charge is 2.38. The highest BCUT2D eigenvalue weighted by molar-refractivity contribution is 4.97. The molecule has 1 saturated carbocycles. The zero-order valence-electron chi connectivity index (χ0n) is 8.81. The summed E-state index contributed by atoms with van der Waals surface area (Å²) in [6, 6.07) is 0. The standard InChI is InChI=1S/C11H22N2/c1-2-13-9-8-12-10-11(13)6-4-3-5-7-11/h12H,2-10H2,1H3. The smallest absolute Gasteiger partial charge is 0.0334 e. The second kappa shape index (κ2) is 3.97. The Bertz CT molecular complexity index is 153. The second-order valence-electron chi connectivity index (χ2n) is 4.54. The first kappa shape index (κ1) is 9.47. The molecule has 1 saturated heterocycles. The van der Waals surface area contributed by atoms with Gasteiger partial charge in [-0.25, -0.2) is 0 Å². The van der Waals surface area contributed by atoms with E-state index in [-0.39, 0.29) is 0 Å². The summed E-state index contributed by atoms with van der Waals surface area (Å²) < 4.78 is 0. The van der Waals surface area contributed by atoms with E-state index in [1.807, 2.05) is 0 Å². The van der Waals surface area contributed by atoms with Gasteiger partial charge in [-0.1, -0.05) is 26.2 Å². The molecule has 0 radical (unpaired) electrons. The van der Waals surface area contributed by atoms with Gasteiger partial charge in [0.05, 0.1) is 0 Å². The molecule has 1 N–H and O–H groups in total. The average Bonchev–Trinajstić information content (AvgIpc) is 2.20. The molecule has 76 valence electrons. The molecule has 1 heterocycles. The van der Waals surface area contributed by atoms with E-state index in [2.05, 4.69) is 17.1 Å². The minimum Gasteiger partial charge on any atom is -0.314 e. The van der Waals surface area contributed by atoms with Crippen molar-refractivity contribution in [1.29, 1.82) is 0 Å². The minimum atomic E-state index is 0.547. The lowest BCUT2D eigenvalue weighted by Crippen LogP contribution is -2.61. The monoisotopic (exact) mass is 182 g/mol. The van der Waals surface area contributed by atoms with Crippen molar-refractivity contribution in [2.45, 2.75) is 44.6 Å². The maximum absolute atomic E-state index is 3.57. The predicted octanol–water partition coefficient (Wildman–Crippen LogP) is 1.61. The molecule has 0 unspecified atom stereocenters. The van der Waals surface area contributed by atoms with E-state index in [9.17, 15) is 0 Å². The van der Waals surface area contributed by atoms with Crippen molar-refractivity contribution in [1.82, 2.24) is 10.2 Å². The molecule has 0 aromatic rings. The third-order valence-corrected chi connectivity index (χ3v) is 3.85. The molecular formula is C11H22N2. The molecule has 0 bridgehead atoms. The zero-order chi connectivity index (χ0) is 9.15. The zero-order valence-corrected chi connectivity index (χ0v) is 8.81. The van der Waals surface area contributed by atoms with Crippen LogP contribution in [0.25, 0.3) is 0 Å². The average molecular weight is 182 g/mol. The summed E-state index contributed by atoms with van der Waals surface area (Å²) in [5.41, 5.74) is 0.547. The lowest BCUT2D eigenvalue weighted by molar-refractivity contribution is 0.0323. The van der Waals surface area contributed by atoms with E-state index in [0.717, 1.165) is 0 Å². The van der Waals surface area contributed by atoms with Crippen molar-refractivity contribution in [2.75, 3.05) is 26.2 Å². The van der Waals surface area contributed by atoms with Gasteiger partial charge >= 0.3 is 0 Å². The van der Waals surface area contributed by atoms with Crippen molar-refractivity contribution in [3.63, 3.8) is 0 Å². The van der Waals surface area contributed by atoms with Crippen LogP contribution in [0.3, 0.4) is 0 Å². The highest BCUT2D eigenvalue weighted by Crippen LogP contribution is 2.34. The Morgan fingerprint density at radius 3 is 2.69 bits per heavy atom. The molecule has 0 aromatic carbocycles. The fourth-order valence-electron chi connectivity index (χ4n) is 3.08. The number of hydrogen-bond acceptors (Lipinski definition) is 2. The lowest BCUT2D eigenvalue weighted by Gasteiger charge is -2.49. The van der Waals surface area contributed by atoms with E-state index in [0.29, 0.717) is 5.54 Å². The number of hydrogen-bond donors (Lipinski definition) is 1. The molecule has 1 aliphatic carbocycles. The third kappa shape index (κ3) is 1.75. The molecule has 2 aliphatic rings. The Labute approximate surface area is 81.7 Å². The summed E-state index contributed by atoms with van der Waals surface area (Å²) in [6.45, 7) is 7.23. The topological polar surface area (TPSA) is 15.3 Å². The number of likely N-dealkylation sites (N-methyl/N-ethyl adjacent to an activating group) is 1. The molecule has 2 rings (SSSR count). The normalized spacial score (nSPS) is 29.3. The van der Waals surface area contributed by atoms with Crippen molar-refractivity contribution >= 4 is 0 Å². The van der Waals surface area contributed by atoms with Gasteiger partial charge in [-0.15, -0.1) is 0 Å². The molecule has 1 spiro atoms. The lowest BCUT2D eigenvalue weighted by atomic mass is 9.79. The maximum Gasteiger partial charge on any atom is 0.0334 e. The van der Waals surface area contributed by atoms with Gasteiger partial charge in [0.15, 0.2) is 0 Å². The molecule has 0 amide bonds. The van der Waals surface area contributed by atoms with Crippen LogP contribution in [0.1, 0.15) is 39.0 Å². The van der Waals surface area contributed by atoms with E-state index in [1.165, 1.54) is 58.3 Å². The third-order valence-electron chi connectivity index (χ3n) is 3.85. The summed E-state index contributed by atoms with van der Waals surface area (Å²) in [5.74, 6) is 0. The fraction of sp³-hybridized carbons (Fsp3) is 1.00. The largest absolute Gasteiger partial charge is 0.314 e. The van der Waals surface area contributed by atoms with Crippen molar-refractivity contribution < 1.29 is 0 Å². The van der Waals surface area contributed by atoms with Gasteiger partial charge in [0.1, 0.15) is 0 Å². The van der Waals surface area contributed by atoms with Gasteiger partial charge in [-0.2, -0.15) is 0 Å². The molecule has 0 atom stereocenters. The molecular weight excluding hydrogens is 160 g/mol. The molecule has 13 heavy (non-hydrogen) atoms. The number of piperazine rings is 1. The van der Waals surface area contributed by atoms with Crippen LogP contribution in [-0.2, 0) is 0 Å². The Hall–Kier alpha value is -0.0800. The Balaban J connectivity index is 2.06. The van der Waals surface area contributed by atoms with Gasteiger partial charge in [-0.3, -0.25) is 4.90 Å². The highest BCUT2D eigenvalue weighted by atomic mass is 15.3. The van der Waals surface area contributed by atoms with E-state index >= 15 is 0 Å². The summed E-state index contributed by atoms with van der Waals surface area (Å²) in [7, 11) is 0. The predicted molar refractivity (Wildman–Crippen MR) is 55.9 cm³/mol. The summed E-state index contributed by atoms with van der Waals surface area (Å²) in [6.07, 6.45) is 7.19. The van der Waals surface area contributed by atoms with Crippen LogP contribution in [0.4, 0.5) is 0 Å². The van der Waals surface area contributed by atoms with Crippen LogP contribution in [-0.4, -0.2) is 36.6 Å². The molecule has 2 nitrogen and oxygen atoms in total. The first-order valence-electron chi connectivity index (χ1n) is 5.83. The Morgan fingerprint density at radius 2 is 2.00 bits per heavy atom. The Kier molecular flexibility index (Phi) is 2.89. The van der Waals surface area contributed by atoms with E-state index in [4.69, 9.17) is 0 Å². The number of nitrogens with zero attached hydrogens (tertiary/aromatic N) is 1. The molecule has 2 fully saturated rings. The van der Waals surface area contributed by atoms with Gasteiger partial charge in [0.25, 0.3) is 0 Å². The van der Waals surface area contributed by atoms with Crippen molar-refractivity contribution in [2.24, 2.45) is 0 Å². The van der Waals surface area contributed by atoms with Crippen LogP contribution >= 0.6 is 0 Å². The van der Waals surface area contributed by atoms with Crippen LogP contribution in [0.5, 0.6) is 0 Å². The van der Waals surface area contributed by atoms with E-state index < -0.39 is 0 Å². The quantitative estimate of drug-likeness (QED) is 0.663. The van der Waals surface area contributed by atoms with Crippen LogP contribution in [0, 0.1) is 0 Å². The molecule has 2 heteroatoms. The van der Waals surface area contributed by atoms with Gasteiger partial charge < -0.3 is 5.32 Å². The van der Waals surface area contributed by atoms with Gasteiger partial charge in [0, 0.05) is 25.2 Å². The summed E-state index contributed by atoms with van der Waals surface area (Å²) in [4.78, 5) is 2.71. The molecule has 0 aromatic heterocycles. The van der Waals surface area contributed by atoms with Crippen molar-refractivity contribution in [3.05, 3.63) is 0 Å². The van der Waals surface area contributed by atoms with Crippen LogP contribution < -0.4 is 5.32 Å². The van der Waals surface area contributed by atoms with Crippen molar-refractivity contribution in [3.8, 4) is 0 Å². The van der Waals surface area contributed by atoms with Gasteiger partial charge in [-0.05, 0) is 19.4 Å². The van der Waals surface area contributed by atoms with E-state index in [1.54, 1.807) is 0 Å². The van der Waals surface area contributed by atoms with Crippen LogP contribution in [0.2, 0.25) is 0 Å². The maximum atomic E-state index is 3.57. The Morgan fingerprint density at radius 1 is 1.23 bits per heavy atom. The first-order chi connectivity index (χ1) is 6.37. The minimum absolute atomic E-state index is 0.547. The second-order valence-corrected chi connectivity index (χ2v) is 4.54. The fourth-order valence-corrected chi connectivity index (χ4v) is 3.08.